The third-order valence-electron chi connectivity index (χ3n) is 0. The van der Waals surface area contributed by atoms with E-state index < -0.39 is 66.8 Å². The molecule has 0 heterocycles. The summed E-state index contributed by atoms with van der Waals surface area (Å²) in [6.45, 7) is 0. The van der Waals surface area contributed by atoms with Gasteiger partial charge in [-0.2, -0.15) is 0 Å². The molecular weight excluding hydrogens is 1050 g/mol. The van der Waals surface area contributed by atoms with Crippen LogP contribution >= 0.6 is 0 Å². The molecule has 0 aromatic rings. The van der Waals surface area contributed by atoms with Crippen molar-refractivity contribution in [2.75, 3.05) is 0 Å². The van der Waals surface area contributed by atoms with Gasteiger partial charge in [0, 0.05) is 0 Å². The van der Waals surface area contributed by atoms with Crippen LogP contribution in [0.3, 0.4) is 0 Å². The van der Waals surface area contributed by atoms with Crippen molar-refractivity contribution in [3.63, 3.8) is 0 Å². The quantitative estimate of drug-likeness (QED) is 0.203. The van der Waals surface area contributed by atoms with Crippen molar-refractivity contribution in [3.8, 4) is 0 Å². The molecule has 0 atom stereocenters. The fourth-order valence-corrected chi connectivity index (χ4v) is 0. The van der Waals surface area contributed by atoms with Crippen LogP contribution in [0.2, 0.25) is 0 Å². The Bertz CT molecular complexity index is 629. The van der Waals surface area contributed by atoms with Crippen molar-refractivity contribution in [2.45, 2.75) is 0 Å². The minimum atomic E-state index is -5.62. The molecular formula is La2Mn5O20Sr2. The Morgan fingerprint density at radius 2 is 0.276 bits per heavy atom. The van der Waals surface area contributed by atoms with Gasteiger partial charge in [0.1, 0.15) is 0 Å². The van der Waals surface area contributed by atoms with Gasteiger partial charge in [-0.15, -0.1) is 0 Å². The monoisotopic (exact) mass is 1050 g/mol. The average molecular weight is 1050 g/mol. The molecule has 0 aromatic heterocycles. The zero-order valence-electron chi connectivity index (χ0n) is 12.6. The molecule has 29 heavy (non-hydrogen) atoms. The first-order valence-electron chi connectivity index (χ1n) is 3.09. The van der Waals surface area contributed by atoms with E-state index in [4.69, 9.17) is 80.2 Å². The van der Waals surface area contributed by atoms with E-state index in [2.05, 4.69) is 0 Å². The predicted molar refractivity (Wildman–Crippen MR) is 18.4 cm³/mol. The largest absolute Gasteiger partial charge is 2.00 e. The SMILES string of the molecule is [La+3].[La+3].[O]=[Mn](=[O])([O-])[O-].[O]=[Mn](=[O])([O-])[O-].[O]=[Mn](=[O])([O-])[O-].[O]=[Mn](=[O])([O-])[O-].[O]=[Mn](=[O])([O-])[O-].[Sr+2].[Sr+2]. The fraction of sp³-hybridized carbons (Fsp3) is 0. The predicted octanol–water partition coefficient (Wildman–Crippen LogP) is -13.9. The van der Waals surface area contributed by atoms with Crippen LogP contribution in [-0.2, 0) is 105 Å². The molecule has 0 spiro atoms. The molecule has 20 nitrogen and oxygen atoms in total. The van der Waals surface area contributed by atoms with Gasteiger partial charge in [-0.25, -0.2) is 0 Å². The Kier molecular flexibility index (Phi) is 57.8. The van der Waals surface area contributed by atoms with Gasteiger partial charge in [0.2, 0.25) is 0 Å². The molecule has 0 aliphatic carbocycles. The van der Waals surface area contributed by atoms with Crippen LogP contribution in [0.15, 0.2) is 0 Å². The molecule has 0 bridgehead atoms. The molecule has 0 saturated carbocycles. The van der Waals surface area contributed by atoms with E-state index in [0.29, 0.717) is 0 Å². The van der Waals surface area contributed by atoms with Gasteiger partial charge in [0.25, 0.3) is 0 Å². The molecule has 29 heteroatoms. The van der Waals surface area contributed by atoms with Crippen LogP contribution in [0.25, 0.3) is 0 Å². The summed E-state index contributed by atoms with van der Waals surface area (Å²) in [7, 11) is 0. The average Bonchev–Trinajstić information content (AvgIpc) is 1.79. The summed E-state index contributed by atoms with van der Waals surface area (Å²) in [5.41, 5.74) is 0. The Labute approximate surface area is 301 Å². The maximum absolute atomic E-state index is 8.58. The first kappa shape index (κ1) is 59.6. The van der Waals surface area contributed by atoms with Crippen molar-refractivity contribution in [1.29, 1.82) is 0 Å². The molecule has 0 unspecified atom stereocenters. The number of hydrogen-bond donors (Lipinski definition) is 0. The zero-order valence-corrected chi connectivity index (χ0v) is 32.7. The zero-order chi connectivity index (χ0) is 22.5. The Hall–Kier alpha value is 5.55. The van der Waals surface area contributed by atoms with Crippen LogP contribution in [0, 0.1) is 71.2 Å². The normalized spacial score (nSPS) is 10.0. The molecule has 0 rings (SSSR count). The minimum absolute atomic E-state index is 0. The van der Waals surface area contributed by atoms with Crippen LogP contribution in [-0.4, -0.2) is 91.0 Å². The summed E-state index contributed by atoms with van der Waals surface area (Å²) in [6, 6.07) is 0. The van der Waals surface area contributed by atoms with E-state index in [0.717, 1.165) is 0 Å². The topological polar surface area (TPSA) is 401 Å². The minimum Gasteiger partial charge on any atom is 2.00 e. The van der Waals surface area contributed by atoms with Crippen molar-refractivity contribution >= 4 is 91.0 Å². The molecule has 0 saturated heterocycles. The summed E-state index contributed by atoms with van der Waals surface area (Å²) < 4.78 is 172. The Morgan fingerprint density at radius 3 is 0.276 bits per heavy atom. The first-order chi connectivity index (χ1) is 10.0. The fourth-order valence-electron chi connectivity index (χ4n) is 0. The standard InChI is InChI=1S/2La.5Mn.20O.2Sr/q2*+3;;;;;;;;;;;;;;;;10*-1;2*+2. The smallest absolute Gasteiger partial charge is 2.00 e. The maximum atomic E-state index is 8.58. The second-order valence-corrected chi connectivity index (χ2v) is 7.79. The van der Waals surface area contributed by atoms with E-state index in [1.165, 1.54) is 0 Å². The Morgan fingerprint density at radius 1 is 0.276 bits per heavy atom. The molecule has 0 amide bonds. The molecule has 0 N–H and O–H groups in total. The summed E-state index contributed by atoms with van der Waals surface area (Å²) in [5.74, 6) is 0. The van der Waals surface area contributed by atoms with Crippen LogP contribution in [0.1, 0.15) is 0 Å². The van der Waals surface area contributed by atoms with E-state index in [1.54, 1.807) is 0 Å². The van der Waals surface area contributed by atoms with Gasteiger partial charge < -0.3 is 0 Å². The van der Waals surface area contributed by atoms with E-state index in [1.807, 2.05) is 0 Å². The second kappa shape index (κ2) is 28.1. The van der Waals surface area contributed by atoms with Crippen molar-refractivity contribution in [1.82, 2.24) is 0 Å². The molecule has 0 fully saturated rings. The van der Waals surface area contributed by atoms with Crippen molar-refractivity contribution < 1.29 is 218 Å². The van der Waals surface area contributed by atoms with Crippen molar-refractivity contribution in [3.05, 3.63) is 0 Å². The van der Waals surface area contributed by atoms with Gasteiger partial charge in [-0.1, -0.05) is 0 Å². The van der Waals surface area contributed by atoms with Crippen LogP contribution in [0.4, 0.5) is 0 Å². The van der Waals surface area contributed by atoms with E-state index in [9.17, 15) is 0 Å². The molecule has 0 radical (unpaired) electrons. The molecule has 0 aromatic carbocycles. The van der Waals surface area contributed by atoms with Gasteiger partial charge in [-0.05, 0) is 0 Å². The van der Waals surface area contributed by atoms with Gasteiger partial charge in [-0.3, -0.25) is 0 Å². The van der Waals surface area contributed by atoms with Crippen LogP contribution in [0.5, 0.6) is 0 Å². The van der Waals surface area contributed by atoms with Gasteiger partial charge in [0.15, 0.2) is 0 Å². The van der Waals surface area contributed by atoms with E-state index >= 15 is 0 Å². The third-order valence-corrected chi connectivity index (χ3v) is 0. The molecule has 0 aliphatic rings. The van der Waals surface area contributed by atoms with Crippen LogP contribution < -0.4 is 41.9 Å². The molecule has 165 valence electrons. The van der Waals surface area contributed by atoms with E-state index in [-0.39, 0.29) is 162 Å². The first-order valence-corrected chi connectivity index (χ1v) is 12.7. The molecule has 0 aliphatic heterocycles. The second-order valence-electron chi connectivity index (χ2n) is 1.89. The summed E-state index contributed by atoms with van der Waals surface area (Å²) in [4.78, 5) is 0. The number of hydrogen-bond acceptors (Lipinski definition) is 20. The van der Waals surface area contributed by atoms with Crippen molar-refractivity contribution in [2.24, 2.45) is 0 Å². The summed E-state index contributed by atoms with van der Waals surface area (Å²) in [5, 5.41) is 0. The van der Waals surface area contributed by atoms with Gasteiger partial charge in [0.05, 0.1) is 0 Å². The summed E-state index contributed by atoms with van der Waals surface area (Å²) in [6.07, 6.45) is 0. The van der Waals surface area contributed by atoms with Gasteiger partial charge >= 0.3 is 309 Å². The maximum Gasteiger partial charge on any atom is 2.00 e. The number of rotatable bonds is 0. The third kappa shape index (κ3) is 1080. The Balaban J connectivity index is -0.0000000238. The summed E-state index contributed by atoms with van der Waals surface area (Å²) >= 11 is -28.1.